The molecule has 2 aromatic carbocycles. The summed E-state index contributed by atoms with van der Waals surface area (Å²) in [7, 11) is 7.96. The second kappa shape index (κ2) is 9.31. The highest BCUT2D eigenvalue weighted by Gasteiger charge is 2.26. The van der Waals surface area contributed by atoms with Crippen LogP contribution in [0, 0.1) is 0 Å². The molecule has 2 aromatic rings. The monoisotopic (exact) mass is 362 g/mol. The minimum Gasteiger partial charge on any atom is -0.493 e. The van der Waals surface area contributed by atoms with Crippen molar-refractivity contribution in [2.45, 2.75) is 12.0 Å². The average Bonchev–Trinajstić information content (AvgIpc) is 2.70. The lowest BCUT2D eigenvalue weighted by atomic mass is 9.89. The van der Waals surface area contributed by atoms with Crippen molar-refractivity contribution in [2.75, 3.05) is 42.2 Å². The van der Waals surface area contributed by atoms with E-state index in [1.54, 1.807) is 35.5 Å². The van der Waals surface area contributed by atoms with Gasteiger partial charge in [0.25, 0.3) is 0 Å². The van der Waals surface area contributed by atoms with Crippen molar-refractivity contribution in [3.05, 3.63) is 47.5 Å². The Morgan fingerprint density at radius 1 is 0.692 bits per heavy atom. The van der Waals surface area contributed by atoms with Gasteiger partial charge in [0.2, 0.25) is 0 Å². The zero-order chi connectivity index (χ0) is 19.1. The third kappa shape index (κ3) is 4.03. The molecule has 2 atom stereocenters. The fourth-order valence-corrected chi connectivity index (χ4v) is 3.02. The fourth-order valence-electron chi connectivity index (χ4n) is 3.02. The number of aliphatic hydroxyl groups excluding tert-OH is 1. The maximum atomic E-state index is 10.1. The van der Waals surface area contributed by atoms with E-state index in [1.807, 2.05) is 36.4 Å². The van der Waals surface area contributed by atoms with Crippen molar-refractivity contribution >= 4 is 0 Å². The minimum absolute atomic E-state index is 0.0949. The van der Waals surface area contributed by atoms with E-state index >= 15 is 0 Å². The van der Waals surface area contributed by atoms with Gasteiger partial charge in [0.15, 0.2) is 23.0 Å². The molecule has 0 saturated heterocycles. The molecule has 0 unspecified atom stereocenters. The lowest BCUT2D eigenvalue weighted by molar-refractivity contribution is 0.0563. The van der Waals surface area contributed by atoms with E-state index in [4.69, 9.17) is 23.7 Å². The Hall–Kier alpha value is -2.44. The van der Waals surface area contributed by atoms with E-state index in [2.05, 4.69) is 0 Å². The van der Waals surface area contributed by atoms with Gasteiger partial charge < -0.3 is 28.8 Å². The van der Waals surface area contributed by atoms with Gasteiger partial charge in [-0.2, -0.15) is 0 Å². The largest absolute Gasteiger partial charge is 0.493 e. The quantitative estimate of drug-likeness (QED) is 0.739. The van der Waals surface area contributed by atoms with Crippen LogP contribution in [0.2, 0.25) is 0 Å². The van der Waals surface area contributed by atoms with Gasteiger partial charge in [-0.3, -0.25) is 0 Å². The van der Waals surface area contributed by atoms with Crippen LogP contribution in [0.4, 0.5) is 0 Å². The molecule has 1 N–H and O–H groups in total. The van der Waals surface area contributed by atoms with Crippen molar-refractivity contribution in [3.8, 4) is 23.0 Å². The lowest BCUT2D eigenvalue weighted by Gasteiger charge is -2.26. The molecule has 2 rings (SSSR count). The van der Waals surface area contributed by atoms with Crippen LogP contribution < -0.4 is 18.9 Å². The normalized spacial score (nSPS) is 13.0. The molecule has 0 bridgehead atoms. The number of methoxy groups -OCH3 is 5. The molecular weight excluding hydrogens is 336 g/mol. The molecular formula is C20H26O6. The highest BCUT2D eigenvalue weighted by atomic mass is 16.5. The van der Waals surface area contributed by atoms with Gasteiger partial charge in [-0.1, -0.05) is 12.1 Å². The molecule has 0 aromatic heterocycles. The Bertz CT molecular complexity index is 654. The lowest BCUT2D eigenvalue weighted by Crippen LogP contribution is -2.17. The Kier molecular flexibility index (Phi) is 7.12. The molecule has 0 aliphatic rings. The second-order valence-corrected chi connectivity index (χ2v) is 5.67. The predicted molar refractivity (Wildman–Crippen MR) is 98.7 cm³/mol. The van der Waals surface area contributed by atoms with E-state index in [9.17, 15) is 5.11 Å². The molecule has 0 aliphatic carbocycles. The fraction of sp³-hybridized carbons (Fsp3) is 0.400. The highest BCUT2D eigenvalue weighted by Crippen LogP contribution is 2.39. The van der Waals surface area contributed by atoms with E-state index < -0.39 is 0 Å². The first-order valence-electron chi connectivity index (χ1n) is 8.20. The molecule has 142 valence electrons. The van der Waals surface area contributed by atoms with E-state index in [-0.39, 0.29) is 18.6 Å². The van der Waals surface area contributed by atoms with Crippen molar-refractivity contribution in [1.82, 2.24) is 0 Å². The van der Waals surface area contributed by atoms with E-state index in [0.29, 0.717) is 23.0 Å². The summed E-state index contributed by atoms with van der Waals surface area (Å²) in [6.45, 7) is -0.0949. The Morgan fingerprint density at radius 2 is 1.15 bits per heavy atom. The minimum atomic E-state index is -0.377. The molecule has 0 aliphatic heterocycles. The summed E-state index contributed by atoms with van der Waals surface area (Å²) in [5.41, 5.74) is 1.76. The molecule has 0 radical (unpaired) electrons. The third-order valence-corrected chi connectivity index (χ3v) is 4.39. The average molecular weight is 362 g/mol. The van der Waals surface area contributed by atoms with Crippen molar-refractivity contribution in [2.24, 2.45) is 0 Å². The molecule has 0 spiro atoms. The maximum absolute atomic E-state index is 10.1. The van der Waals surface area contributed by atoms with Crippen LogP contribution in [0.15, 0.2) is 36.4 Å². The standard InChI is InChI=1S/C20H26O6/c1-22-16-8-6-13(10-18(16)24-3)15(12-21)20(26-5)14-7-9-17(23-2)19(11-14)25-4/h6-11,15,20-21H,12H2,1-5H3/t15-,20+/m0/s1. The number of benzene rings is 2. The number of rotatable bonds is 9. The summed E-state index contributed by atoms with van der Waals surface area (Å²) in [5.74, 6) is 2.19. The van der Waals surface area contributed by atoms with Crippen molar-refractivity contribution < 1.29 is 28.8 Å². The van der Waals surface area contributed by atoms with Crippen LogP contribution in [0.3, 0.4) is 0 Å². The second-order valence-electron chi connectivity index (χ2n) is 5.67. The number of hydrogen-bond acceptors (Lipinski definition) is 6. The summed E-state index contributed by atoms with van der Waals surface area (Å²) >= 11 is 0. The SMILES string of the molecule is COc1ccc([C@@H](OC)[C@@H](CO)c2ccc(OC)c(OC)c2)cc1OC. The molecule has 6 heteroatoms. The molecule has 26 heavy (non-hydrogen) atoms. The molecule has 0 fully saturated rings. The number of aliphatic hydroxyl groups is 1. The van der Waals surface area contributed by atoms with Crippen molar-refractivity contribution in [1.29, 1.82) is 0 Å². The Labute approximate surface area is 154 Å². The summed E-state index contributed by atoms with van der Waals surface area (Å²) in [5, 5.41) is 10.1. The zero-order valence-electron chi connectivity index (χ0n) is 15.8. The molecule has 0 heterocycles. The summed E-state index contributed by atoms with van der Waals surface area (Å²) in [6.07, 6.45) is -0.377. The highest BCUT2D eigenvalue weighted by molar-refractivity contribution is 5.46. The van der Waals surface area contributed by atoms with Gasteiger partial charge in [-0.25, -0.2) is 0 Å². The maximum Gasteiger partial charge on any atom is 0.161 e. The van der Waals surface area contributed by atoms with Crippen LogP contribution >= 0.6 is 0 Å². The van der Waals surface area contributed by atoms with E-state index in [0.717, 1.165) is 11.1 Å². The zero-order valence-corrected chi connectivity index (χ0v) is 15.8. The molecule has 0 saturated carbocycles. The summed E-state index contributed by atoms with van der Waals surface area (Å²) < 4.78 is 27.0. The van der Waals surface area contributed by atoms with Gasteiger partial charge >= 0.3 is 0 Å². The first-order chi connectivity index (χ1) is 12.6. The number of ether oxygens (including phenoxy) is 5. The predicted octanol–water partition coefficient (Wildman–Crippen LogP) is 3.18. The molecule has 0 amide bonds. The van der Waals surface area contributed by atoms with Gasteiger partial charge in [-0.15, -0.1) is 0 Å². The third-order valence-electron chi connectivity index (χ3n) is 4.39. The van der Waals surface area contributed by atoms with Gasteiger partial charge in [0.05, 0.1) is 41.2 Å². The van der Waals surface area contributed by atoms with Gasteiger partial charge in [-0.05, 0) is 35.4 Å². The number of hydrogen-bond donors (Lipinski definition) is 1. The van der Waals surface area contributed by atoms with Crippen LogP contribution in [0.5, 0.6) is 23.0 Å². The topological polar surface area (TPSA) is 66.4 Å². The first-order valence-corrected chi connectivity index (χ1v) is 8.20. The van der Waals surface area contributed by atoms with Gasteiger partial charge in [0.1, 0.15) is 0 Å². The van der Waals surface area contributed by atoms with Crippen LogP contribution in [-0.4, -0.2) is 47.3 Å². The van der Waals surface area contributed by atoms with Crippen molar-refractivity contribution in [3.63, 3.8) is 0 Å². The van der Waals surface area contributed by atoms with Crippen LogP contribution in [0.1, 0.15) is 23.1 Å². The molecule has 6 nitrogen and oxygen atoms in total. The first kappa shape index (κ1) is 19.9. The van der Waals surface area contributed by atoms with Crippen LogP contribution in [0.25, 0.3) is 0 Å². The Balaban J connectivity index is 2.43. The summed E-state index contributed by atoms with van der Waals surface area (Å²) in [6, 6.07) is 11.2. The smallest absolute Gasteiger partial charge is 0.161 e. The Morgan fingerprint density at radius 3 is 1.58 bits per heavy atom. The van der Waals surface area contributed by atoms with Gasteiger partial charge in [0, 0.05) is 13.0 Å². The van der Waals surface area contributed by atoms with Crippen LogP contribution in [-0.2, 0) is 4.74 Å². The summed E-state index contributed by atoms with van der Waals surface area (Å²) in [4.78, 5) is 0. The van der Waals surface area contributed by atoms with E-state index in [1.165, 1.54) is 0 Å².